The number of nitrogens with zero attached hydrogens (tertiary/aromatic N) is 1. The SMILES string of the molecule is Cc1ccc(Nc2cc(C)nc3c2ccc2ccccc23)cc1.Cl. The molecule has 0 aliphatic heterocycles. The number of fused-ring (bicyclic) bond motifs is 3. The highest BCUT2D eigenvalue weighted by Crippen LogP contribution is 2.31. The smallest absolute Gasteiger partial charge is 0.0804 e. The second-order valence-electron chi connectivity index (χ2n) is 5.99. The molecule has 0 saturated heterocycles. The van der Waals surface area contributed by atoms with Gasteiger partial charge in [0, 0.05) is 27.8 Å². The van der Waals surface area contributed by atoms with Crippen LogP contribution in [-0.2, 0) is 0 Å². The quantitative estimate of drug-likeness (QED) is 0.443. The van der Waals surface area contributed by atoms with Crippen LogP contribution in [-0.4, -0.2) is 4.98 Å². The summed E-state index contributed by atoms with van der Waals surface area (Å²) in [5.74, 6) is 0. The standard InChI is InChI=1S/C21H18N2.ClH/c1-14-7-10-17(11-8-14)23-20-13-15(2)22-21-18-6-4-3-5-16(18)9-12-19(20)21;/h3-13H,1-2H3,(H,22,23);1H. The van der Waals surface area contributed by atoms with Crippen molar-refractivity contribution in [1.82, 2.24) is 4.98 Å². The Bertz CT molecular complexity index is 1010. The predicted molar refractivity (Wildman–Crippen MR) is 106 cm³/mol. The van der Waals surface area contributed by atoms with Crippen molar-refractivity contribution >= 4 is 45.5 Å². The van der Waals surface area contributed by atoms with Crippen LogP contribution >= 0.6 is 12.4 Å². The van der Waals surface area contributed by atoms with E-state index in [1.807, 2.05) is 6.92 Å². The molecule has 1 heterocycles. The number of halogens is 1. The van der Waals surface area contributed by atoms with E-state index in [2.05, 4.69) is 79.0 Å². The van der Waals surface area contributed by atoms with E-state index in [9.17, 15) is 0 Å². The first-order chi connectivity index (χ1) is 11.2. The summed E-state index contributed by atoms with van der Waals surface area (Å²) in [4.78, 5) is 4.78. The maximum Gasteiger partial charge on any atom is 0.0804 e. The van der Waals surface area contributed by atoms with Crippen LogP contribution in [0.15, 0.2) is 66.7 Å². The van der Waals surface area contributed by atoms with Crippen LogP contribution in [0.5, 0.6) is 0 Å². The fourth-order valence-corrected chi connectivity index (χ4v) is 2.98. The van der Waals surface area contributed by atoms with Gasteiger partial charge in [-0.05, 0) is 37.4 Å². The van der Waals surface area contributed by atoms with Gasteiger partial charge in [-0.15, -0.1) is 12.4 Å². The van der Waals surface area contributed by atoms with Crippen molar-refractivity contribution < 1.29 is 0 Å². The molecule has 0 bridgehead atoms. The largest absolute Gasteiger partial charge is 0.355 e. The summed E-state index contributed by atoms with van der Waals surface area (Å²) in [6.07, 6.45) is 0. The number of pyridine rings is 1. The van der Waals surface area contributed by atoms with Crippen molar-refractivity contribution in [2.24, 2.45) is 0 Å². The van der Waals surface area contributed by atoms with Gasteiger partial charge in [-0.2, -0.15) is 0 Å². The Balaban J connectivity index is 0.00000169. The third kappa shape index (κ3) is 2.93. The zero-order chi connectivity index (χ0) is 15.8. The van der Waals surface area contributed by atoms with E-state index in [1.165, 1.54) is 16.3 Å². The molecule has 0 saturated carbocycles. The lowest BCUT2D eigenvalue weighted by molar-refractivity contribution is 1.26. The molecule has 0 amide bonds. The fraction of sp³-hybridized carbons (Fsp3) is 0.0952. The normalized spacial score (nSPS) is 10.6. The molecule has 3 aromatic carbocycles. The molecule has 0 aliphatic carbocycles. The molecule has 3 heteroatoms. The van der Waals surface area contributed by atoms with Crippen molar-refractivity contribution in [2.75, 3.05) is 5.32 Å². The zero-order valence-corrected chi connectivity index (χ0v) is 14.5. The van der Waals surface area contributed by atoms with Crippen molar-refractivity contribution in [3.8, 4) is 0 Å². The van der Waals surface area contributed by atoms with E-state index < -0.39 is 0 Å². The molecule has 0 radical (unpaired) electrons. The second-order valence-corrected chi connectivity index (χ2v) is 5.99. The Labute approximate surface area is 148 Å². The minimum absolute atomic E-state index is 0. The van der Waals surface area contributed by atoms with Gasteiger partial charge in [0.05, 0.1) is 5.52 Å². The molecule has 4 rings (SSSR count). The van der Waals surface area contributed by atoms with Crippen molar-refractivity contribution in [3.63, 3.8) is 0 Å². The summed E-state index contributed by atoms with van der Waals surface area (Å²) in [7, 11) is 0. The van der Waals surface area contributed by atoms with Crippen LogP contribution in [0.25, 0.3) is 21.7 Å². The Morgan fingerprint density at radius 2 is 1.54 bits per heavy atom. The first-order valence-electron chi connectivity index (χ1n) is 7.83. The molecule has 24 heavy (non-hydrogen) atoms. The van der Waals surface area contributed by atoms with E-state index in [1.54, 1.807) is 0 Å². The van der Waals surface area contributed by atoms with Gasteiger partial charge in [-0.25, -0.2) is 0 Å². The number of hydrogen-bond acceptors (Lipinski definition) is 2. The molecule has 1 aromatic heterocycles. The lowest BCUT2D eigenvalue weighted by Crippen LogP contribution is -1.95. The second kappa shape index (κ2) is 6.50. The lowest BCUT2D eigenvalue weighted by atomic mass is 10.0. The summed E-state index contributed by atoms with van der Waals surface area (Å²) in [6, 6.07) is 23.3. The highest BCUT2D eigenvalue weighted by Gasteiger charge is 2.08. The molecular weight excluding hydrogens is 316 g/mol. The molecular formula is C21H19ClN2. The number of anilines is 2. The van der Waals surface area contributed by atoms with Gasteiger partial charge in [-0.3, -0.25) is 4.98 Å². The van der Waals surface area contributed by atoms with E-state index in [-0.39, 0.29) is 12.4 Å². The van der Waals surface area contributed by atoms with Gasteiger partial charge in [-0.1, -0.05) is 54.1 Å². The molecule has 2 nitrogen and oxygen atoms in total. The zero-order valence-electron chi connectivity index (χ0n) is 13.7. The summed E-state index contributed by atoms with van der Waals surface area (Å²) < 4.78 is 0. The Kier molecular flexibility index (Phi) is 4.41. The molecule has 4 aromatic rings. The van der Waals surface area contributed by atoms with Crippen molar-refractivity contribution in [1.29, 1.82) is 0 Å². The number of rotatable bonds is 2. The predicted octanol–water partition coefficient (Wildman–Crippen LogP) is 6.17. The maximum atomic E-state index is 4.78. The van der Waals surface area contributed by atoms with Crippen molar-refractivity contribution in [3.05, 3.63) is 78.0 Å². The summed E-state index contributed by atoms with van der Waals surface area (Å²) in [5, 5.41) is 7.10. The van der Waals surface area contributed by atoms with E-state index in [4.69, 9.17) is 4.98 Å². The molecule has 0 fully saturated rings. The number of hydrogen-bond donors (Lipinski definition) is 1. The molecule has 1 N–H and O–H groups in total. The van der Waals surface area contributed by atoms with Crippen molar-refractivity contribution in [2.45, 2.75) is 13.8 Å². The average molecular weight is 335 g/mol. The van der Waals surface area contributed by atoms with Crippen LogP contribution in [0.4, 0.5) is 11.4 Å². The van der Waals surface area contributed by atoms with Gasteiger partial charge in [0.2, 0.25) is 0 Å². The maximum absolute atomic E-state index is 4.78. The highest BCUT2D eigenvalue weighted by atomic mass is 35.5. The van der Waals surface area contributed by atoms with E-state index in [0.29, 0.717) is 0 Å². The fourth-order valence-electron chi connectivity index (χ4n) is 2.98. The van der Waals surface area contributed by atoms with Crippen LogP contribution in [0, 0.1) is 13.8 Å². The van der Waals surface area contributed by atoms with Gasteiger partial charge in [0.25, 0.3) is 0 Å². The summed E-state index contributed by atoms with van der Waals surface area (Å²) in [6.45, 7) is 4.14. The van der Waals surface area contributed by atoms with E-state index in [0.717, 1.165) is 28.0 Å². The number of aryl methyl sites for hydroxylation is 2. The van der Waals surface area contributed by atoms with Gasteiger partial charge < -0.3 is 5.32 Å². The van der Waals surface area contributed by atoms with Gasteiger partial charge in [0.15, 0.2) is 0 Å². The minimum Gasteiger partial charge on any atom is -0.355 e. The highest BCUT2D eigenvalue weighted by molar-refractivity contribution is 6.09. The third-order valence-corrected chi connectivity index (χ3v) is 4.16. The Hall–Kier alpha value is -2.58. The first-order valence-corrected chi connectivity index (χ1v) is 7.83. The lowest BCUT2D eigenvalue weighted by Gasteiger charge is -2.12. The molecule has 0 spiro atoms. The third-order valence-electron chi connectivity index (χ3n) is 4.16. The molecule has 0 aliphatic rings. The van der Waals surface area contributed by atoms with Crippen LogP contribution in [0.1, 0.15) is 11.3 Å². The topological polar surface area (TPSA) is 24.9 Å². The monoisotopic (exact) mass is 334 g/mol. The van der Waals surface area contributed by atoms with Gasteiger partial charge in [0.1, 0.15) is 0 Å². The Morgan fingerprint density at radius 1 is 0.792 bits per heavy atom. The number of nitrogens with one attached hydrogen (secondary N) is 1. The minimum atomic E-state index is 0. The van der Waals surface area contributed by atoms with Crippen LogP contribution in [0.3, 0.4) is 0 Å². The van der Waals surface area contributed by atoms with Crippen LogP contribution in [0.2, 0.25) is 0 Å². The molecule has 120 valence electrons. The average Bonchev–Trinajstić information content (AvgIpc) is 2.57. The van der Waals surface area contributed by atoms with Crippen LogP contribution < -0.4 is 5.32 Å². The molecule has 0 unspecified atom stereocenters. The van der Waals surface area contributed by atoms with E-state index >= 15 is 0 Å². The number of aromatic nitrogens is 1. The summed E-state index contributed by atoms with van der Waals surface area (Å²) >= 11 is 0. The van der Waals surface area contributed by atoms with Gasteiger partial charge >= 0.3 is 0 Å². The molecule has 0 atom stereocenters. The summed E-state index contributed by atoms with van der Waals surface area (Å²) in [5.41, 5.74) is 5.52. The first kappa shape index (κ1) is 16.3. The Morgan fingerprint density at radius 3 is 2.33 bits per heavy atom. The number of benzene rings is 3.